The van der Waals surface area contributed by atoms with E-state index in [-0.39, 0.29) is 0 Å². The zero-order valence-electron chi connectivity index (χ0n) is 33.0. The molecule has 2 saturated heterocycles. The lowest BCUT2D eigenvalue weighted by molar-refractivity contribution is -0.0172. The van der Waals surface area contributed by atoms with Gasteiger partial charge in [0.15, 0.2) is 0 Å². The predicted octanol–water partition coefficient (Wildman–Crippen LogP) is 13.0. The molecular weight excluding hydrogens is 639 g/mol. The molecule has 0 N–H and O–H groups in total. The summed E-state index contributed by atoms with van der Waals surface area (Å²) in [4.78, 5) is 3.37. The fourth-order valence-corrected chi connectivity index (χ4v) is 19.3. The van der Waals surface area contributed by atoms with E-state index in [0.29, 0.717) is 12.2 Å². The second-order valence-corrected chi connectivity index (χ2v) is 22.6. The molecule has 0 radical (unpaired) electrons. The Bertz CT molecular complexity index is 1110. The van der Waals surface area contributed by atoms with E-state index < -0.39 is 0 Å². The van der Waals surface area contributed by atoms with Crippen molar-refractivity contribution in [3.05, 3.63) is 0 Å². The van der Waals surface area contributed by atoms with E-state index in [9.17, 15) is 0 Å². The van der Waals surface area contributed by atoms with Crippen LogP contribution in [0.3, 0.4) is 0 Å². The molecule has 0 aromatic carbocycles. The van der Waals surface area contributed by atoms with Crippen molar-refractivity contribution < 1.29 is 4.74 Å². The average molecular weight is 718 g/mol. The molecule has 0 bridgehead atoms. The van der Waals surface area contributed by atoms with E-state index in [4.69, 9.17) is 4.74 Å². The summed E-state index contributed by atoms with van der Waals surface area (Å²) in [6, 6.07) is 2.74. The van der Waals surface area contributed by atoms with Crippen molar-refractivity contribution in [1.82, 2.24) is 4.90 Å². The topological polar surface area (TPSA) is 12.5 Å². The molecule has 11 unspecified atom stereocenters. The van der Waals surface area contributed by atoms with Crippen LogP contribution in [0.2, 0.25) is 0 Å². The van der Waals surface area contributed by atoms with E-state index in [1.54, 1.807) is 109 Å². The molecule has 0 amide bonds. The van der Waals surface area contributed by atoms with Crippen LogP contribution < -0.4 is 0 Å². The Morgan fingerprint density at radius 2 is 0.882 bits per heavy atom. The van der Waals surface area contributed by atoms with Gasteiger partial charge in [0.2, 0.25) is 0 Å². The summed E-state index contributed by atoms with van der Waals surface area (Å²) in [6.45, 7) is 0. The zero-order chi connectivity index (χ0) is 33.7. The molecule has 10 fully saturated rings. The molecule has 0 spiro atoms. The van der Waals surface area contributed by atoms with Crippen molar-refractivity contribution in [3.63, 3.8) is 0 Å². The molecule has 10 aliphatic rings. The van der Waals surface area contributed by atoms with Gasteiger partial charge < -0.3 is 4.74 Å². The number of rotatable bonds is 6. The highest BCUT2D eigenvalue weighted by Gasteiger charge is 2.60. The quantitative estimate of drug-likeness (QED) is 0.271. The Morgan fingerprint density at radius 3 is 1.63 bits per heavy atom. The third-order valence-electron chi connectivity index (χ3n) is 19.1. The van der Waals surface area contributed by atoms with E-state index in [0.717, 1.165) is 87.8 Å². The van der Waals surface area contributed by atoms with E-state index in [1.165, 1.54) is 89.9 Å². The largest absolute Gasteiger partial charge is 0.374 e. The van der Waals surface area contributed by atoms with E-state index >= 15 is 0 Å². The lowest BCUT2D eigenvalue weighted by Gasteiger charge is -2.52. The number of thioether (sulfide) groups is 1. The van der Waals surface area contributed by atoms with Crippen molar-refractivity contribution in [2.24, 2.45) is 59.2 Å². The average Bonchev–Trinajstić information content (AvgIpc) is 3.78. The van der Waals surface area contributed by atoms with Gasteiger partial charge in [0.1, 0.15) is 0 Å². The maximum Gasteiger partial charge on any atom is 0.0621 e. The van der Waals surface area contributed by atoms with Gasteiger partial charge in [-0.2, -0.15) is 11.8 Å². The molecule has 3 heteroatoms. The summed E-state index contributed by atoms with van der Waals surface area (Å²) < 4.78 is 6.87. The summed E-state index contributed by atoms with van der Waals surface area (Å²) in [6.07, 6.45) is 48.7. The molecule has 11 atom stereocenters. The van der Waals surface area contributed by atoms with Gasteiger partial charge in [-0.05, 0) is 156 Å². The third kappa shape index (κ3) is 7.12. The number of hydrogen-bond donors (Lipinski definition) is 0. The first-order valence-corrected chi connectivity index (χ1v) is 25.3. The Hall–Kier alpha value is 0.270. The SMILES string of the molecule is C1CCC(C2CCC(N(C3CCC(C4CCCC5C6CCC7OC8CCCCC8C7C6SC45)CC3)C3CCCC(C4CCCCC4)C3)CC2)CC1. The van der Waals surface area contributed by atoms with Crippen molar-refractivity contribution in [2.45, 2.75) is 240 Å². The van der Waals surface area contributed by atoms with Gasteiger partial charge in [0.05, 0.1) is 12.2 Å². The van der Waals surface area contributed by atoms with Crippen LogP contribution in [0.15, 0.2) is 0 Å². The van der Waals surface area contributed by atoms with Crippen LogP contribution in [-0.4, -0.2) is 45.7 Å². The van der Waals surface area contributed by atoms with Gasteiger partial charge >= 0.3 is 0 Å². The Kier molecular flexibility index (Phi) is 11.2. The van der Waals surface area contributed by atoms with Gasteiger partial charge in [-0.15, -0.1) is 0 Å². The fraction of sp³-hybridized carbons (Fsp3) is 1.00. The second kappa shape index (κ2) is 16.0. The first kappa shape index (κ1) is 35.7. The highest BCUT2D eigenvalue weighted by molar-refractivity contribution is 8.00. The maximum absolute atomic E-state index is 6.87. The van der Waals surface area contributed by atoms with Crippen molar-refractivity contribution in [2.75, 3.05) is 0 Å². The van der Waals surface area contributed by atoms with Crippen LogP contribution >= 0.6 is 11.8 Å². The van der Waals surface area contributed by atoms with Crippen LogP contribution in [0.25, 0.3) is 0 Å². The standard InChI is InChI=1S/C48H79NOS/c1-3-11-32(12-4-1)34-21-25-37(26-22-34)49(39-16-9-15-36(31-39)33-13-5-2-6-14-33)38-27-23-35(24-28-38)40-18-10-19-41-42-29-30-45-46(48(42)51-47(40)41)43-17-7-8-20-44(43)50-45/h32-48H,1-31H2. The van der Waals surface area contributed by atoms with E-state index in [1.807, 2.05) is 0 Å². The molecule has 2 aliphatic heterocycles. The second-order valence-electron chi connectivity index (χ2n) is 21.3. The van der Waals surface area contributed by atoms with Crippen molar-refractivity contribution in [3.8, 4) is 0 Å². The van der Waals surface area contributed by atoms with Crippen molar-refractivity contribution in [1.29, 1.82) is 0 Å². The first-order chi connectivity index (χ1) is 25.3. The minimum absolute atomic E-state index is 0.627. The normalized spacial score (nSPS) is 49.9. The summed E-state index contributed by atoms with van der Waals surface area (Å²) in [7, 11) is 0. The number of fused-ring (bicyclic) bond motifs is 7. The van der Waals surface area contributed by atoms with Crippen LogP contribution in [0, 0.1) is 59.2 Å². The van der Waals surface area contributed by atoms with Gasteiger partial charge in [-0.3, -0.25) is 4.90 Å². The van der Waals surface area contributed by atoms with Gasteiger partial charge in [0, 0.05) is 34.5 Å². The van der Waals surface area contributed by atoms with Gasteiger partial charge in [-0.1, -0.05) is 96.3 Å². The minimum Gasteiger partial charge on any atom is -0.374 e. The number of hydrogen-bond acceptors (Lipinski definition) is 3. The van der Waals surface area contributed by atoms with Crippen LogP contribution in [0.1, 0.15) is 199 Å². The molecule has 8 aliphatic carbocycles. The summed E-state index contributed by atoms with van der Waals surface area (Å²) >= 11 is 2.60. The van der Waals surface area contributed by atoms with E-state index in [2.05, 4.69) is 16.7 Å². The highest BCUT2D eigenvalue weighted by atomic mass is 32.2. The maximum atomic E-state index is 6.87. The molecule has 0 aromatic rings. The summed E-state index contributed by atoms with van der Waals surface area (Å²) in [5, 5.41) is 1.95. The number of nitrogens with zero attached hydrogens (tertiary/aromatic N) is 1. The monoisotopic (exact) mass is 718 g/mol. The molecule has 51 heavy (non-hydrogen) atoms. The lowest BCUT2D eigenvalue weighted by Crippen LogP contribution is -2.54. The molecule has 8 saturated carbocycles. The third-order valence-corrected chi connectivity index (χ3v) is 21.1. The molecule has 2 heterocycles. The smallest absolute Gasteiger partial charge is 0.0621 e. The predicted molar refractivity (Wildman–Crippen MR) is 215 cm³/mol. The molecule has 288 valence electrons. The molecule has 10 rings (SSSR count). The molecule has 2 nitrogen and oxygen atoms in total. The Morgan fingerprint density at radius 1 is 0.333 bits per heavy atom. The minimum atomic E-state index is 0.627. The van der Waals surface area contributed by atoms with Crippen LogP contribution in [0.5, 0.6) is 0 Å². The van der Waals surface area contributed by atoms with Crippen LogP contribution in [-0.2, 0) is 4.74 Å². The Labute approximate surface area is 319 Å². The Balaban J connectivity index is 0.817. The fourth-order valence-electron chi connectivity index (χ4n) is 16.8. The van der Waals surface area contributed by atoms with Crippen molar-refractivity contribution >= 4 is 11.8 Å². The van der Waals surface area contributed by atoms with Gasteiger partial charge in [0.25, 0.3) is 0 Å². The number of ether oxygens (including phenoxy) is 1. The van der Waals surface area contributed by atoms with Gasteiger partial charge in [-0.25, -0.2) is 0 Å². The first-order valence-electron chi connectivity index (χ1n) is 24.4. The lowest BCUT2D eigenvalue weighted by atomic mass is 9.62. The highest BCUT2D eigenvalue weighted by Crippen LogP contribution is 2.63. The molecule has 0 aromatic heterocycles. The summed E-state index contributed by atoms with van der Waals surface area (Å²) in [5.41, 5.74) is 0. The summed E-state index contributed by atoms with van der Waals surface area (Å²) in [5.74, 6) is 10.3. The van der Waals surface area contributed by atoms with Crippen LogP contribution in [0.4, 0.5) is 0 Å². The zero-order valence-corrected chi connectivity index (χ0v) is 33.8. The molecular formula is C48H79NOS.